The lowest BCUT2D eigenvalue weighted by molar-refractivity contribution is -0.139. The van der Waals surface area contributed by atoms with Crippen LogP contribution in [0.4, 0.5) is 0 Å². The maximum absolute atomic E-state index is 12.7. The normalized spacial score (nSPS) is 37.8. The molecule has 2 saturated carbocycles. The van der Waals surface area contributed by atoms with E-state index in [2.05, 4.69) is 17.1 Å². The molecule has 1 saturated heterocycles. The molecular weight excluding hydrogens is 272 g/mol. The van der Waals surface area contributed by atoms with E-state index in [1.54, 1.807) is 0 Å². The van der Waals surface area contributed by atoms with Crippen molar-refractivity contribution in [3.8, 4) is 0 Å². The average molecular weight is 301 g/mol. The summed E-state index contributed by atoms with van der Waals surface area (Å²) in [7, 11) is 0. The molecular formula is C16H29ClN2O. The van der Waals surface area contributed by atoms with E-state index < -0.39 is 0 Å². The second-order valence-electron chi connectivity index (χ2n) is 6.95. The lowest BCUT2D eigenvalue weighted by Crippen LogP contribution is -2.53. The molecule has 0 aromatic carbocycles. The molecule has 2 aliphatic carbocycles. The molecule has 3 rings (SSSR count). The molecule has 0 spiro atoms. The quantitative estimate of drug-likeness (QED) is 0.807. The van der Waals surface area contributed by atoms with Gasteiger partial charge in [-0.05, 0) is 38.0 Å². The SMILES string of the molecule is C[C@H]1CN(C(=O)C2CCC3CCCCC3C2)CCN1.Cl. The van der Waals surface area contributed by atoms with Gasteiger partial charge >= 0.3 is 0 Å². The molecule has 3 aliphatic rings. The van der Waals surface area contributed by atoms with Crippen LogP contribution in [0.3, 0.4) is 0 Å². The van der Waals surface area contributed by atoms with Gasteiger partial charge in [0.1, 0.15) is 0 Å². The number of fused-ring (bicyclic) bond motifs is 1. The van der Waals surface area contributed by atoms with Gasteiger partial charge in [-0.25, -0.2) is 0 Å². The largest absolute Gasteiger partial charge is 0.340 e. The summed E-state index contributed by atoms with van der Waals surface area (Å²) >= 11 is 0. The van der Waals surface area contributed by atoms with Crippen molar-refractivity contribution in [1.29, 1.82) is 0 Å². The van der Waals surface area contributed by atoms with Gasteiger partial charge in [-0.2, -0.15) is 0 Å². The van der Waals surface area contributed by atoms with Gasteiger partial charge in [0, 0.05) is 31.6 Å². The highest BCUT2D eigenvalue weighted by Crippen LogP contribution is 2.43. The molecule has 1 aliphatic heterocycles. The lowest BCUT2D eigenvalue weighted by Gasteiger charge is -2.41. The molecule has 3 nitrogen and oxygen atoms in total. The van der Waals surface area contributed by atoms with Crippen LogP contribution < -0.4 is 5.32 Å². The van der Waals surface area contributed by atoms with E-state index >= 15 is 0 Å². The van der Waals surface area contributed by atoms with Gasteiger partial charge in [-0.15, -0.1) is 12.4 Å². The molecule has 3 unspecified atom stereocenters. The molecule has 0 radical (unpaired) electrons. The Hall–Kier alpha value is -0.280. The van der Waals surface area contributed by atoms with E-state index in [4.69, 9.17) is 0 Å². The first-order valence-electron chi connectivity index (χ1n) is 8.26. The number of amides is 1. The summed E-state index contributed by atoms with van der Waals surface area (Å²) in [6, 6.07) is 0.462. The van der Waals surface area contributed by atoms with Crippen molar-refractivity contribution >= 4 is 18.3 Å². The van der Waals surface area contributed by atoms with Crippen LogP contribution in [0.15, 0.2) is 0 Å². The first-order valence-corrected chi connectivity index (χ1v) is 8.26. The predicted octanol–water partition coefficient (Wildman–Crippen LogP) is 2.84. The first kappa shape index (κ1) is 16.1. The zero-order chi connectivity index (χ0) is 13.2. The highest BCUT2D eigenvalue weighted by molar-refractivity contribution is 5.85. The smallest absolute Gasteiger partial charge is 0.225 e. The Bertz CT molecular complexity index is 336. The molecule has 1 amide bonds. The summed E-state index contributed by atoms with van der Waals surface area (Å²) in [6.45, 7) is 4.96. The second-order valence-corrected chi connectivity index (χ2v) is 6.95. The van der Waals surface area contributed by atoms with E-state index in [1.807, 2.05) is 0 Å². The van der Waals surface area contributed by atoms with Crippen LogP contribution in [0, 0.1) is 17.8 Å². The number of hydrogen-bond donors (Lipinski definition) is 1. The van der Waals surface area contributed by atoms with Gasteiger partial charge in [0.2, 0.25) is 5.91 Å². The van der Waals surface area contributed by atoms with E-state index in [0.29, 0.717) is 17.9 Å². The highest BCUT2D eigenvalue weighted by atomic mass is 35.5. The van der Waals surface area contributed by atoms with Gasteiger partial charge in [0.05, 0.1) is 0 Å². The maximum atomic E-state index is 12.7. The molecule has 0 aromatic heterocycles. The Kier molecular flexibility index (Phi) is 5.74. The molecule has 3 fully saturated rings. The summed E-state index contributed by atoms with van der Waals surface area (Å²) in [5, 5.41) is 3.42. The van der Waals surface area contributed by atoms with Crippen molar-refractivity contribution in [2.24, 2.45) is 17.8 Å². The van der Waals surface area contributed by atoms with Crippen molar-refractivity contribution < 1.29 is 4.79 Å². The molecule has 1 N–H and O–H groups in total. The standard InChI is InChI=1S/C16H28N2O.ClH/c1-12-11-18(9-8-17-12)16(19)15-7-6-13-4-2-3-5-14(13)10-15;/h12-15,17H,2-11H2,1H3;1H/t12-,13?,14?,15?;/m0./s1. The van der Waals surface area contributed by atoms with E-state index in [9.17, 15) is 4.79 Å². The summed E-state index contributed by atoms with van der Waals surface area (Å²) in [5.74, 6) is 2.60. The minimum Gasteiger partial charge on any atom is -0.340 e. The number of nitrogens with zero attached hydrogens (tertiary/aromatic N) is 1. The average Bonchev–Trinajstić information content (AvgIpc) is 2.46. The monoisotopic (exact) mass is 300 g/mol. The topological polar surface area (TPSA) is 32.3 Å². The number of carbonyl (C=O) groups excluding carboxylic acids is 1. The Balaban J connectivity index is 0.00000147. The number of halogens is 1. The zero-order valence-corrected chi connectivity index (χ0v) is 13.5. The van der Waals surface area contributed by atoms with Crippen molar-refractivity contribution in [2.75, 3.05) is 19.6 Å². The van der Waals surface area contributed by atoms with E-state index in [1.165, 1.54) is 38.5 Å². The van der Waals surface area contributed by atoms with E-state index in [-0.39, 0.29) is 12.4 Å². The van der Waals surface area contributed by atoms with Crippen LogP contribution in [-0.4, -0.2) is 36.5 Å². The minimum atomic E-state index is 0. The molecule has 20 heavy (non-hydrogen) atoms. The third kappa shape index (κ3) is 3.48. The van der Waals surface area contributed by atoms with Crippen LogP contribution in [0.25, 0.3) is 0 Å². The van der Waals surface area contributed by atoms with Crippen LogP contribution in [-0.2, 0) is 4.79 Å². The van der Waals surface area contributed by atoms with Gasteiger partial charge in [-0.3, -0.25) is 4.79 Å². The third-order valence-electron chi connectivity index (χ3n) is 5.57. The molecule has 116 valence electrons. The lowest BCUT2D eigenvalue weighted by atomic mass is 9.67. The Morgan fingerprint density at radius 1 is 1.10 bits per heavy atom. The van der Waals surface area contributed by atoms with Crippen LogP contribution in [0.1, 0.15) is 51.9 Å². The van der Waals surface area contributed by atoms with Crippen molar-refractivity contribution in [2.45, 2.75) is 57.9 Å². The van der Waals surface area contributed by atoms with Crippen LogP contribution >= 0.6 is 12.4 Å². The Morgan fingerprint density at radius 2 is 1.85 bits per heavy atom. The highest BCUT2D eigenvalue weighted by Gasteiger charge is 2.37. The number of rotatable bonds is 1. The number of piperazine rings is 1. The molecule has 1 heterocycles. The Morgan fingerprint density at radius 3 is 2.60 bits per heavy atom. The molecule has 4 atom stereocenters. The zero-order valence-electron chi connectivity index (χ0n) is 12.6. The van der Waals surface area contributed by atoms with Gasteiger partial charge < -0.3 is 10.2 Å². The fourth-order valence-electron chi connectivity index (χ4n) is 4.49. The third-order valence-corrected chi connectivity index (χ3v) is 5.57. The number of hydrogen-bond acceptors (Lipinski definition) is 2. The molecule has 4 heteroatoms. The van der Waals surface area contributed by atoms with Crippen molar-refractivity contribution in [3.05, 3.63) is 0 Å². The van der Waals surface area contributed by atoms with Gasteiger partial charge in [0.25, 0.3) is 0 Å². The van der Waals surface area contributed by atoms with Crippen molar-refractivity contribution in [3.63, 3.8) is 0 Å². The summed E-state index contributed by atoms with van der Waals surface area (Å²) < 4.78 is 0. The number of carbonyl (C=O) groups is 1. The van der Waals surface area contributed by atoms with Crippen molar-refractivity contribution in [1.82, 2.24) is 10.2 Å². The predicted molar refractivity (Wildman–Crippen MR) is 84.1 cm³/mol. The maximum Gasteiger partial charge on any atom is 0.225 e. The van der Waals surface area contributed by atoms with E-state index in [0.717, 1.165) is 37.9 Å². The summed E-state index contributed by atoms with van der Waals surface area (Å²) in [6.07, 6.45) is 9.27. The van der Waals surface area contributed by atoms with Gasteiger partial charge in [0.15, 0.2) is 0 Å². The fourth-order valence-corrected chi connectivity index (χ4v) is 4.49. The first-order chi connectivity index (χ1) is 9.24. The second kappa shape index (κ2) is 7.13. The van der Waals surface area contributed by atoms with Gasteiger partial charge in [-0.1, -0.05) is 25.7 Å². The molecule has 0 aromatic rings. The van der Waals surface area contributed by atoms with Crippen LogP contribution in [0.5, 0.6) is 0 Å². The fraction of sp³-hybridized carbons (Fsp3) is 0.938. The Labute approximate surface area is 129 Å². The summed E-state index contributed by atoms with van der Waals surface area (Å²) in [4.78, 5) is 14.8. The van der Waals surface area contributed by atoms with Crippen LogP contribution in [0.2, 0.25) is 0 Å². The minimum absolute atomic E-state index is 0. The number of nitrogens with one attached hydrogen (secondary N) is 1. The molecule has 0 bridgehead atoms. The summed E-state index contributed by atoms with van der Waals surface area (Å²) in [5.41, 5.74) is 0.